The molecule has 0 N–H and O–H groups in total. The van der Waals surface area contributed by atoms with Crippen LogP contribution in [0.1, 0.15) is 47.8 Å². The lowest BCUT2D eigenvalue weighted by molar-refractivity contribution is -0.123. The molecule has 8 nitrogen and oxygen atoms in total. The summed E-state index contributed by atoms with van der Waals surface area (Å²) in [6.45, 7) is 2.34. The first-order chi connectivity index (χ1) is 15.0. The Balaban J connectivity index is 1.36. The van der Waals surface area contributed by atoms with Crippen LogP contribution < -0.4 is 4.74 Å². The number of rotatable bonds is 6. The Labute approximate surface area is 186 Å². The third-order valence-electron chi connectivity index (χ3n) is 6.20. The number of amides is 1. The van der Waals surface area contributed by atoms with E-state index in [2.05, 4.69) is 10.1 Å². The molecule has 1 unspecified atom stereocenters. The first-order valence-corrected chi connectivity index (χ1v) is 11.0. The zero-order valence-electron chi connectivity index (χ0n) is 17.9. The number of likely N-dealkylation sites (tertiary alicyclic amines) is 1. The van der Waals surface area contributed by atoms with Crippen LogP contribution in [0.3, 0.4) is 0 Å². The lowest BCUT2D eigenvalue weighted by Gasteiger charge is -2.46. The summed E-state index contributed by atoms with van der Waals surface area (Å²) in [4.78, 5) is 19.3. The number of hydrogen-bond donors (Lipinski definition) is 0. The predicted octanol–water partition coefficient (Wildman–Crippen LogP) is 3.52. The average molecular weight is 450 g/mol. The van der Waals surface area contributed by atoms with Crippen molar-refractivity contribution in [3.63, 3.8) is 0 Å². The van der Waals surface area contributed by atoms with Crippen LogP contribution >= 0.6 is 11.6 Å². The number of ether oxygens (including phenoxy) is 3. The molecule has 0 radical (unpaired) electrons. The molecule has 0 bridgehead atoms. The van der Waals surface area contributed by atoms with E-state index in [1.165, 1.54) is 0 Å². The van der Waals surface area contributed by atoms with Crippen LogP contribution in [-0.4, -0.2) is 60.5 Å². The van der Waals surface area contributed by atoms with Crippen LogP contribution in [0.5, 0.6) is 5.75 Å². The number of carbonyl (C=O) groups excluding carboxylic acids is 1. The van der Waals surface area contributed by atoms with Gasteiger partial charge in [0.2, 0.25) is 0 Å². The van der Waals surface area contributed by atoms with Crippen molar-refractivity contribution in [3.05, 3.63) is 40.5 Å². The van der Waals surface area contributed by atoms with Crippen molar-refractivity contribution in [1.29, 1.82) is 0 Å². The van der Waals surface area contributed by atoms with Gasteiger partial charge < -0.3 is 23.6 Å². The number of nitrogens with zero attached hydrogens (tertiary/aromatic N) is 3. The molecule has 2 aromatic rings. The Bertz CT molecular complexity index is 910. The van der Waals surface area contributed by atoms with E-state index in [4.69, 9.17) is 30.3 Å². The lowest BCUT2D eigenvalue weighted by atomic mass is 9.78. The van der Waals surface area contributed by atoms with Crippen molar-refractivity contribution < 1.29 is 23.5 Å². The highest BCUT2D eigenvalue weighted by molar-refractivity contribution is 6.30. The number of halogens is 1. The highest BCUT2D eigenvalue weighted by atomic mass is 35.5. The second kappa shape index (κ2) is 9.54. The summed E-state index contributed by atoms with van der Waals surface area (Å²) in [5.41, 5.74) is 0.345. The fourth-order valence-corrected chi connectivity index (χ4v) is 4.76. The molecule has 3 heterocycles. The van der Waals surface area contributed by atoms with Crippen molar-refractivity contribution in [2.24, 2.45) is 5.92 Å². The predicted molar refractivity (Wildman–Crippen MR) is 113 cm³/mol. The highest BCUT2D eigenvalue weighted by Crippen LogP contribution is 2.39. The first-order valence-electron chi connectivity index (χ1n) is 10.6. The molecule has 1 aromatic heterocycles. The smallest absolute Gasteiger partial charge is 0.257 e. The third-order valence-corrected chi connectivity index (χ3v) is 6.44. The van der Waals surface area contributed by atoms with Gasteiger partial charge in [-0.15, -0.1) is 0 Å². The van der Waals surface area contributed by atoms with E-state index in [0.717, 1.165) is 37.9 Å². The second-order valence-corrected chi connectivity index (χ2v) is 8.71. The topological polar surface area (TPSA) is 86.9 Å². The summed E-state index contributed by atoms with van der Waals surface area (Å²) in [5.74, 6) is 2.12. The molecule has 2 aliphatic rings. The molecule has 9 heteroatoms. The molecule has 2 saturated heterocycles. The quantitative estimate of drug-likeness (QED) is 0.666. The largest absolute Gasteiger partial charge is 0.496 e. The Hall–Kier alpha value is -2.16. The van der Waals surface area contributed by atoms with Gasteiger partial charge in [0.15, 0.2) is 5.82 Å². The van der Waals surface area contributed by atoms with Crippen molar-refractivity contribution >= 4 is 17.5 Å². The minimum Gasteiger partial charge on any atom is -0.496 e. The van der Waals surface area contributed by atoms with Gasteiger partial charge in [-0.05, 0) is 49.8 Å². The molecule has 0 saturated carbocycles. The van der Waals surface area contributed by atoms with Crippen LogP contribution in [0, 0.1) is 5.92 Å². The van der Waals surface area contributed by atoms with Gasteiger partial charge in [-0.25, -0.2) is 0 Å². The van der Waals surface area contributed by atoms with E-state index in [1.807, 2.05) is 4.90 Å². The van der Waals surface area contributed by atoms with Crippen LogP contribution in [0.4, 0.5) is 0 Å². The van der Waals surface area contributed by atoms with Crippen molar-refractivity contribution in [2.45, 2.75) is 44.3 Å². The van der Waals surface area contributed by atoms with Crippen molar-refractivity contribution in [3.8, 4) is 5.75 Å². The second-order valence-electron chi connectivity index (χ2n) is 8.27. The Morgan fingerprint density at radius 1 is 1.32 bits per heavy atom. The third kappa shape index (κ3) is 5.02. The molecule has 1 aromatic carbocycles. The summed E-state index contributed by atoms with van der Waals surface area (Å²) in [7, 11) is 3.15. The standard InChI is InChI=1S/C22H28ClN3O5/c1-28-14-20-24-19(25-31-20)11-15-5-10-30-22(13-15)6-8-26(9-7-22)21(27)17-4-3-16(23)12-18(17)29-2/h3-4,12,15H,5-11,13-14H2,1-2H3. The molecular weight excluding hydrogens is 422 g/mol. The SMILES string of the molecule is COCc1nc(CC2CCOC3(CCN(C(=O)c4ccc(Cl)cc4OC)CC3)C2)no1. The molecule has 4 rings (SSSR count). The number of piperidine rings is 1. The molecule has 2 fully saturated rings. The van der Waals surface area contributed by atoms with Gasteiger partial charge >= 0.3 is 0 Å². The molecular formula is C22H28ClN3O5. The molecule has 31 heavy (non-hydrogen) atoms. The monoisotopic (exact) mass is 449 g/mol. The van der Waals surface area contributed by atoms with Gasteiger partial charge in [0, 0.05) is 38.2 Å². The van der Waals surface area contributed by atoms with E-state index in [0.29, 0.717) is 54.4 Å². The highest BCUT2D eigenvalue weighted by Gasteiger charge is 2.41. The van der Waals surface area contributed by atoms with Crippen LogP contribution in [0.15, 0.2) is 22.7 Å². The number of carbonyl (C=O) groups is 1. The Kier molecular flexibility index (Phi) is 6.79. The molecule has 2 aliphatic heterocycles. The average Bonchev–Trinajstić information content (AvgIpc) is 3.21. The van der Waals surface area contributed by atoms with Crippen LogP contribution in [0.2, 0.25) is 5.02 Å². The van der Waals surface area contributed by atoms with Crippen LogP contribution in [0.25, 0.3) is 0 Å². The maximum absolute atomic E-state index is 13.0. The van der Waals surface area contributed by atoms with Gasteiger partial charge in [0.25, 0.3) is 11.8 Å². The minimum absolute atomic E-state index is 0.0341. The summed E-state index contributed by atoms with van der Waals surface area (Å²) < 4.78 is 21.9. The zero-order chi connectivity index (χ0) is 21.8. The fourth-order valence-electron chi connectivity index (χ4n) is 4.59. The van der Waals surface area contributed by atoms with Gasteiger partial charge in [-0.2, -0.15) is 4.98 Å². The normalized spacial score (nSPS) is 20.7. The minimum atomic E-state index is -0.192. The molecule has 1 amide bonds. The van der Waals surface area contributed by atoms with E-state index in [9.17, 15) is 4.79 Å². The summed E-state index contributed by atoms with van der Waals surface area (Å²) in [5, 5.41) is 4.62. The number of hydrogen-bond acceptors (Lipinski definition) is 7. The molecule has 1 atom stereocenters. The maximum Gasteiger partial charge on any atom is 0.257 e. The Morgan fingerprint density at radius 2 is 2.13 bits per heavy atom. The molecule has 1 spiro atoms. The molecule has 168 valence electrons. The molecule has 0 aliphatic carbocycles. The summed E-state index contributed by atoms with van der Waals surface area (Å²) >= 11 is 6.03. The van der Waals surface area contributed by atoms with Gasteiger partial charge in [0.1, 0.15) is 12.4 Å². The summed E-state index contributed by atoms with van der Waals surface area (Å²) in [6, 6.07) is 5.11. The van der Waals surface area contributed by atoms with Crippen molar-refractivity contribution in [2.75, 3.05) is 33.9 Å². The number of benzene rings is 1. The maximum atomic E-state index is 13.0. The number of aromatic nitrogens is 2. The number of methoxy groups -OCH3 is 2. The first kappa shape index (κ1) is 22.0. The fraction of sp³-hybridized carbons (Fsp3) is 0.591. The van der Waals surface area contributed by atoms with Gasteiger partial charge in [-0.3, -0.25) is 4.79 Å². The lowest BCUT2D eigenvalue weighted by Crippen LogP contribution is -2.51. The van der Waals surface area contributed by atoms with Gasteiger partial charge in [-0.1, -0.05) is 16.8 Å². The van der Waals surface area contributed by atoms with E-state index < -0.39 is 0 Å². The van der Waals surface area contributed by atoms with Gasteiger partial charge in [0.05, 0.1) is 18.3 Å². The van der Waals surface area contributed by atoms with E-state index in [-0.39, 0.29) is 11.5 Å². The Morgan fingerprint density at radius 3 is 2.87 bits per heavy atom. The van der Waals surface area contributed by atoms with Crippen LogP contribution in [-0.2, 0) is 22.5 Å². The van der Waals surface area contributed by atoms with E-state index in [1.54, 1.807) is 32.4 Å². The van der Waals surface area contributed by atoms with Crippen molar-refractivity contribution in [1.82, 2.24) is 15.0 Å². The van der Waals surface area contributed by atoms with E-state index >= 15 is 0 Å². The summed E-state index contributed by atoms with van der Waals surface area (Å²) in [6.07, 6.45) is 4.30. The zero-order valence-corrected chi connectivity index (χ0v) is 18.7.